The summed E-state index contributed by atoms with van der Waals surface area (Å²) in [6, 6.07) is 14.0. The van der Waals surface area contributed by atoms with E-state index >= 15 is 0 Å². The summed E-state index contributed by atoms with van der Waals surface area (Å²) in [5.41, 5.74) is 4.43. The van der Waals surface area contributed by atoms with Gasteiger partial charge in [0, 0.05) is 28.7 Å². The number of carbonyl (C=O) groups excluding carboxylic acids is 2. The predicted molar refractivity (Wildman–Crippen MR) is 121 cm³/mol. The summed E-state index contributed by atoms with van der Waals surface area (Å²) in [5.74, 6) is 0.265. The number of carbonyl (C=O) groups is 2. The molecule has 1 radical (unpaired) electrons. The molecule has 0 aliphatic carbocycles. The van der Waals surface area contributed by atoms with E-state index in [-0.39, 0.29) is 11.8 Å². The van der Waals surface area contributed by atoms with Crippen LogP contribution in [0.5, 0.6) is 0 Å². The van der Waals surface area contributed by atoms with Crippen LogP contribution in [0.4, 0.5) is 11.4 Å². The molecule has 2 N–H and O–H groups in total. The van der Waals surface area contributed by atoms with Crippen molar-refractivity contribution in [3.8, 4) is 0 Å². The van der Waals surface area contributed by atoms with Gasteiger partial charge in [-0.1, -0.05) is 34.1 Å². The van der Waals surface area contributed by atoms with Gasteiger partial charge in [0.2, 0.25) is 11.8 Å². The van der Waals surface area contributed by atoms with Gasteiger partial charge in [-0.25, -0.2) is 0 Å². The Morgan fingerprint density at radius 1 is 0.857 bits per heavy atom. The first-order valence-electron chi connectivity index (χ1n) is 9.04. The second-order valence-corrected chi connectivity index (χ2v) is 7.52. The molecule has 0 atom stereocenters. The van der Waals surface area contributed by atoms with E-state index in [0.717, 1.165) is 41.5 Å². The van der Waals surface area contributed by atoms with Gasteiger partial charge in [0.25, 0.3) is 0 Å². The number of thiol groups is 1. The molecule has 28 heavy (non-hydrogen) atoms. The zero-order chi connectivity index (χ0) is 20.4. The van der Waals surface area contributed by atoms with Crippen molar-refractivity contribution in [1.29, 1.82) is 0 Å². The molecule has 0 fully saturated rings. The third-order valence-corrected chi connectivity index (χ3v) is 4.83. The van der Waals surface area contributed by atoms with Crippen molar-refractivity contribution in [1.82, 2.24) is 0 Å². The van der Waals surface area contributed by atoms with Gasteiger partial charge in [0.15, 0.2) is 0 Å². The summed E-state index contributed by atoms with van der Waals surface area (Å²) in [5, 5.41) is 5.77. The first kappa shape index (κ1) is 22.4. The standard InChI is InChI=1S/C10H10BrNO.C10H11NO.BHNS/c11-8-4-5-9-7(6-8)2-1-3-10(13)12-9;12-10-7-3-5-8-4-1-2-6-9(8)11-10;1-2-3/h4-6H,1-3H2,(H,12,13);1-2,4,6H,3,5,7H2,(H,11,12);3H. The average Bonchev–Trinajstić information content (AvgIpc) is 2.96. The minimum absolute atomic E-state index is 0.126. The Morgan fingerprint density at radius 2 is 1.39 bits per heavy atom. The molecule has 2 aromatic rings. The quantitative estimate of drug-likeness (QED) is 0.389. The van der Waals surface area contributed by atoms with Gasteiger partial charge in [-0.05, 0) is 61.1 Å². The van der Waals surface area contributed by atoms with Crippen LogP contribution in [0.2, 0.25) is 0 Å². The number of para-hydroxylation sites is 1. The second kappa shape index (κ2) is 11.8. The molecule has 2 heterocycles. The molecule has 2 aliphatic heterocycles. The summed E-state index contributed by atoms with van der Waals surface area (Å²) >= 11 is 6.61. The van der Waals surface area contributed by atoms with E-state index in [1.807, 2.05) is 30.3 Å². The summed E-state index contributed by atoms with van der Waals surface area (Å²) in [4.78, 5) is 22.3. The molecule has 2 aliphatic rings. The molecular formula is C20H22BBrN3O2S. The molecule has 0 aromatic heterocycles. The molecule has 0 saturated carbocycles. The van der Waals surface area contributed by atoms with Crippen LogP contribution in [0.3, 0.4) is 0 Å². The number of nitrogens with zero attached hydrogens (tertiary/aromatic N) is 1. The molecule has 2 amide bonds. The average molecular weight is 459 g/mol. The fourth-order valence-corrected chi connectivity index (χ4v) is 3.46. The Balaban J connectivity index is 0.000000176. The number of aryl methyl sites for hydroxylation is 2. The third kappa shape index (κ3) is 7.24. The zero-order valence-electron chi connectivity index (χ0n) is 15.5. The molecule has 5 nitrogen and oxygen atoms in total. The molecule has 4 rings (SSSR count). The van der Waals surface area contributed by atoms with Gasteiger partial charge < -0.3 is 10.6 Å². The molecule has 2 aromatic carbocycles. The Kier molecular flexibility index (Phi) is 9.44. The number of fused-ring (bicyclic) bond motifs is 2. The molecule has 0 saturated heterocycles. The van der Waals surface area contributed by atoms with Gasteiger partial charge in [-0.3, -0.25) is 9.59 Å². The molecule has 0 unspecified atom stereocenters. The van der Waals surface area contributed by atoms with E-state index < -0.39 is 0 Å². The van der Waals surface area contributed by atoms with Crippen LogP contribution >= 0.6 is 28.7 Å². The van der Waals surface area contributed by atoms with Crippen molar-refractivity contribution in [2.24, 2.45) is 4.30 Å². The fraction of sp³-hybridized carbons (Fsp3) is 0.300. The molecule has 145 valence electrons. The Labute approximate surface area is 180 Å². The molecule has 8 heteroatoms. The van der Waals surface area contributed by atoms with E-state index in [2.05, 4.69) is 63.5 Å². The number of hydrogen-bond acceptors (Lipinski definition) is 4. The zero-order valence-corrected chi connectivity index (χ0v) is 17.9. The fourth-order valence-electron chi connectivity index (χ4n) is 3.06. The van der Waals surface area contributed by atoms with Gasteiger partial charge in [-0.15, -0.1) is 0 Å². The number of benzene rings is 2. The van der Waals surface area contributed by atoms with Crippen LogP contribution in [0.1, 0.15) is 36.8 Å². The van der Waals surface area contributed by atoms with Gasteiger partial charge in [0.05, 0.1) is 0 Å². The molecule has 0 bridgehead atoms. The summed E-state index contributed by atoms with van der Waals surface area (Å²) < 4.78 is 3.77. The van der Waals surface area contributed by atoms with E-state index in [4.69, 9.17) is 0 Å². The first-order valence-corrected chi connectivity index (χ1v) is 10.2. The van der Waals surface area contributed by atoms with E-state index in [9.17, 15) is 9.59 Å². The Bertz CT molecular complexity index is 848. The maximum absolute atomic E-state index is 11.2. The van der Waals surface area contributed by atoms with Crippen molar-refractivity contribution in [2.75, 3.05) is 10.6 Å². The van der Waals surface area contributed by atoms with Crippen molar-refractivity contribution in [3.63, 3.8) is 0 Å². The summed E-state index contributed by atoms with van der Waals surface area (Å²) in [6.45, 7) is 0. The number of hydrogen-bond donors (Lipinski definition) is 3. The topological polar surface area (TPSA) is 70.6 Å². The Morgan fingerprint density at radius 3 is 2.04 bits per heavy atom. The molecular weight excluding hydrogens is 437 g/mol. The minimum atomic E-state index is 0.126. The van der Waals surface area contributed by atoms with Crippen LogP contribution in [-0.4, -0.2) is 19.5 Å². The van der Waals surface area contributed by atoms with Crippen LogP contribution in [0.15, 0.2) is 51.2 Å². The monoisotopic (exact) mass is 458 g/mol. The third-order valence-electron chi connectivity index (χ3n) is 4.33. The number of rotatable bonds is 0. The second-order valence-electron chi connectivity index (χ2n) is 6.38. The maximum atomic E-state index is 11.2. The van der Waals surface area contributed by atoms with Crippen molar-refractivity contribution in [2.45, 2.75) is 38.5 Å². The van der Waals surface area contributed by atoms with Crippen LogP contribution in [0.25, 0.3) is 0 Å². The summed E-state index contributed by atoms with van der Waals surface area (Å²) in [6.07, 6.45) is 5.17. The normalized spacial score (nSPS) is 14.8. The van der Waals surface area contributed by atoms with Gasteiger partial charge in [0.1, 0.15) is 0 Å². The first-order chi connectivity index (χ1) is 13.5. The van der Waals surface area contributed by atoms with Crippen molar-refractivity contribution in [3.05, 3.63) is 58.1 Å². The SMILES string of the molecule is O=C1CCCc2cc(Br)ccc2N1.O=C1CCCc2ccccc2N1.[B]=NS. The van der Waals surface area contributed by atoms with E-state index in [0.29, 0.717) is 12.8 Å². The van der Waals surface area contributed by atoms with Crippen molar-refractivity contribution < 1.29 is 9.59 Å². The van der Waals surface area contributed by atoms with Crippen molar-refractivity contribution >= 4 is 59.6 Å². The Hall–Kier alpha value is -1.93. The van der Waals surface area contributed by atoms with Crippen LogP contribution in [-0.2, 0) is 22.4 Å². The predicted octanol–water partition coefficient (Wildman–Crippen LogP) is 4.87. The number of nitrogens with one attached hydrogen (secondary N) is 2. The molecule has 0 spiro atoms. The number of halogens is 1. The number of anilines is 2. The van der Waals surface area contributed by atoms with E-state index in [1.165, 1.54) is 11.1 Å². The van der Waals surface area contributed by atoms with E-state index in [1.54, 1.807) is 0 Å². The summed E-state index contributed by atoms with van der Waals surface area (Å²) in [7, 11) is 4.34. The van der Waals surface area contributed by atoms with Gasteiger partial charge in [-0.2, -0.15) is 0 Å². The number of amides is 2. The van der Waals surface area contributed by atoms with Gasteiger partial charge >= 0.3 is 24.8 Å². The van der Waals surface area contributed by atoms with Crippen LogP contribution < -0.4 is 10.6 Å². The van der Waals surface area contributed by atoms with Crippen LogP contribution in [0, 0.1) is 0 Å².